The van der Waals surface area contributed by atoms with Gasteiger partial charge in [0.05, 0.1) is 5.71 Å². The molecular weight excluding hydrogens is 282 g/mol. The summed E-state index contributed by atoms with van der Waals surface area (Å²) in [5.41, 5.74) is 7.76. The molecule has 1 aliphatic rings. The van der Waals surface area contributed by atoms with Gasteiger partial charge in [0.1, 0.15) is 6.61 Å². The molecule has 1 unspecified atom stereocenters. The Morgan fingerprint density at radius 1 is 1.41 bits per heavy atom. The zero-order chi connectivity index (χ0) is 12.1. The van der Waals surface area contributed by atoms with Crippen LogP contribution in [0.5, 0.6) is 0 Å². The van der Waals surface area contributed by atoms with Crippen LogP contribution in [0.1, 0.15) is 5.56 Å². The molecule has 0 amide bonds. The molecule has 3 N–H and O–H groups in total. The Morgan fingerprint density at radius 2 is 2.18 bits per heavy atom. The summed E-state index contributed by atoms with van der Waals surface area (Å²) < 4.78 is 1.07. The maximum Gasteiger partial charge on any atom is 0.142 e. The van der Waals surface area contributed by atoms with Gasteiger partial charge < -0.3 is 15.9 Å². The van der Waals surface area contributed by atoms with Crippen molar-refractivity contribution in [1.82, 2.24) is 5.32 Å². The Kier molecular flexibility index (Phi) is 4.53. The maximum atomic E-state index is 5.64. The molecule has 0 spiro atoms. The molecule has 2 rings (SSSR count). The van der Waals surface area contributed by atoms with Crippen LogP contribution in [0.2, 0.25) is 0 Å². The van der Waals surface area contributed by atoms with Crippen LogP contribution in [0.15, 0.2) is 33.9 Å². The van der Waals surface area contributed by atoms with E-state index < -0.39 is 0 Å². The third-order valence-corrected chi connectivity index (χ3v) is 3.31. The lowest BCUT2D eigenvalue weighted by atomic mass is 10.1. The SMILES string of the molecule is NCC1CNCC1=NOCc1ccc(Br)cc1. The van der Waals surface area contributed by atoms with E-state index >= 15 is 0 Å². The number of nitrogens with one attached hydrogen (secondary N) is 1. The molecule has 1 aliphatic heterocycles. The topological polar surface area (TPSA) is 59.6 Å². The molecule has 0 aliphatic carbocycles. The molecule has 4 nitrogen and oxygen atoms in total. The predicted octanol–water partition coefficient (Wildman–Crippen LogP) is 1.50. The van der Waals surface area contributed by atoms with Crippen molar-refractivity contribution in [2.45, 2.75) is 6.61 Å². The Labute approximate surface area is 109 Å². The molecule has 0 aromatic heterocycles. The average Bonchev–Trinajstić information content (AvgIpc) is 2.79. The average molecular weight is 298 g/mol. The minimum Gasteiger partial charge on any atom is -0.391 e. The number of halogens is 1. The second kappa shape index (κ2) is 6.14. The van der Waals surface area contributed by atoms with E-state index in [1.807, 2.05) is 24.3 Å². The fraction of sp³-hybridized carbons (Fsp3) is 0.417. The molecule has 1 saturated heterocycles. The van der Waals surface area contributed by atoms with Crippen LogP contribution in [0.4, 0.5) is 0 Å². The van der Waals surface area contributed by atoms with E-state index in [4.69, 9.17) is 10.6 Å². The monoisotopic (exact) mass is 297 g/mol. The van der Waals surface area contributed by atoms with Gasteiger partial charge in [0.25, 0.3) is 0 Å². The van der Waals surface area contributed by atoms with E-state index in [1.165, 1.54) is 0 Å². The lowest BCUT2D eigenvalue weighted by molar-refractivity contribution is 0.129. The second-order valence-electron chi connectivity index (χ2n) is 4.05. The molecule has 92 valence electrons. The minimum atomic E-state index is 0.319. The van der Waals surface area contributed by atoms with E-state index in [9.17, 15) is 0 Å². The first-order valence-electron chi connectivity index (χ1n) is 5.63. The van der Waals surface area contributed by atoms with E-state index in [0.29, 0.717) is 19.1 Å². The molecule has 1 heterocycles. The normalized spacial score (nSPS) is 22.0. The van der Waals surface area contributed by atoms with Crippen molar-refractivity contribution in [3.05, 3.63) is 34.3 Å². The molecule has 0 bridgehead atoms. The fourth-order valence-corrected chi connectivity index (χ4v) is 2.00. The van der Waals surface area contributed by atoms with Crippen LogP contribution in [0.3, 0.4) is 0 Å². The van der Waals surface area contributed by atoms with Crippen LogP contribution in [0.25, 0.3) is 0 Å². The van der Waals surface area contributed by atoms with Crippen LogP contribution in [-0.2, 0) is 11.4 Å². The van der Waals surface area contributed by atoms with Gasteiger partial charge in [-0.3, -0.25) is 0 Å². The van der Waals surface area contributed by atoms with Gasteiger partial charge in [0.2, 0.25) is 0 Å². The molecule has 1 aromatic rings. The Hall–Kier alpha value is -0.910. The summed E-state index contributed by atoms with van der Waals surface area (Å²) in [6, 6.07) is 8.01. The highest BCUT2D eigenvalue weighted by atomic mass is 79.9. The smallest absolute Gasteiger partial charge is 0.142 e. The summed E-state index contributed by atoms with van der Waals surface area (Å²) in [7, 11) is 0. The number of benzene rings is 1. The van der Waals surface area contributed by atoms with Crippen LogP contribution < -0.4 is 11.1 Å². The van der Waals surface area contributed by atoms with Crippen molar-refractivity contribution in [2.24, 2.45) is 16.8 Å². The largest absolute Gasteiger partial charge is 0.391 e. The Bertz CT molecular complexity index is 391. The molecule has 1 fully saturated rings. The summed E-state index contributed by atoms with van der Waals surface area (Å²) >= 11 is 3.39. The van der Waals surface area contributed by atoms with Crippen LogP contribution in [0, 0.1) is 5.92 Å². The van der Waals surface area contributed by atoms with Crippen molar-refractivity contribution < 1.29 is 4.84 Å². The highest BCUT2D eigenvalue weighted by Gasteiger charge is 2.21. The van der Waals surface area contributed by atoms with E-state index in [1.54, 1.807) is 0 Å². The molecule has 0 saturated carbocycles. The first-order chi connectivity index (χ1) is 8.29. The van der Waals surface area contributed by atoms with Crippen molar-refractivity contribution in [2.75, 3.05) is 19.6 Å². The van der Waals surface area contributed by atoms with Gasteiger partial charge in [-0.1, -0.05) is 33.2 Å². The van der Waals surface area contributed by atoms with Crippen molar-refractivity contribution in [3.63, 3.8) is 0 Å². The first kappa shape index (κ1) is 12.5. The quantitative estimate of drug-likeness (QED) is 0.828. The molecule has 5 heteroatoms. The highest BCUT2D eigenvalue weighted by molar-refractivity contribution is 9.10. The van der Waals surface area contributed by atoms with Crippen molar-refractivity contribution in [1.29, 1.82) is 0 Å². The zero-order valence-electron chi connectivity index (χ0n) is 9.53. The van der Waals surface area contributed by atoms with Gasteiger partial charge in [-0.05, 0) is 17.7 Å². The van der Waals surface area contributed by atoms with Crippen molar-refractivity contribution in [3.8, 4) is 0 Å². The number of hydrogen-bond donors (Lipinski definition) is 2. The summed E-state index contributed by atoms with van der Waals surface area (Å²) in [5, 5.41) is 7.39. The summed E-state index contributed by atoms with van der Waals surface area (Å²) in [6.45, 7) is 2.79. The van der Waals surface area contributed by atoms with Gasteiger partial charge in [-0.2, -0.15) is 0 Å². The van der Waals surface area contributed by atoms with Gasteiger partial charge in [-0.25, -0.2) is 0 Å². The summed E-state index contributed by atoms with van der Waals surface area (Å²) in [5.74, 6) is 0.319. The fourth-order valence-electron chi connectivity index (χ4n) is 1.73. The molecule has 1 atom stereocenters. The Balaban J connectivity index is 1.86. The molecule has 0 radical (unpaired) electrons. The number of nitrogens with two attached hydrogens (primary N) is 1. The third-order valence-electron chi connectivity index (χ3n) is 2.78. The minimum absolute atomic E-state index is 0.319. The number of oxime groups is 1. The lowest BCUT2D eigenvalue weighted by Crippen LogP contribution is -2.22. The standard InChI is InChI=1S/C12H16BrN3O/c13-11-3-1-9(2-4-11)8-17-16-12-7-15-6-10(12)5-14/h1-4,10,15H,5-8,14H2. The van der Waals surface area contributed by atoms with Crippen LogP contribution in [-0.4, -0.2) is 25.3 Å². The summed E-state index contributed by atoms with van der Waals surface area (Å²) in [6.07, 6.45) is 0. The summed E-state index contributed by atoms with van der Waals surface area (Å²) in [4.78, 5) is 5.35. The molecule has 17 heavy (non-hydrogen) atoms. The van der Waals surface area contributed by atoms with E-state index in [2.05, 4.69) is 26.4 Å². The van der Waals surface area contributed by atoms with Gasteiger partial charge >= 0.3 is 0 Å². The number of rotatable bonds is 4. The zero-order valence-corrected chi connectivity index (χ0v) is 11.1. The van der Waals surface area contributed by atoms with Gasteiger partial charge in [0, 0.05) is 30.0 Å². The number of hydrogen-bond acceptors (Lipinski definition) is 4. The highest BCUT2D eigenvalue weighted by Crippen LogP contribution is 2.11. The Morgan fingerprint density at radius 3 is 2.88 bits per heavy atom. The molecule has 1 aromatic carbocycles. The predicted molar refractivity (Wildman–Crippen MR) is 71.8 cm³/mol. The molecular formula is C12H16BrN3O. The third kappa shape index (κ3) is 3.52. The van der Waals surface area contributed by atoms with Gasteiger partial charge in [-0.15, -0.1) is 0 Å². The first-order valence-corrected chi connectivity index (χ1v) is 6.43. The second-order valence-corrected chi connectivity index (χ2v) is 4.96. The van der Waals surface area contributed by atoms with E-state index in [0.717, 1.165) is 28.8 Å². The van der Waals surface area contributed by atoms with Gasteiger partial charge in [0.15, 0.2) is 0 Å². The van der Waals surface area contributed by atoms with Crippen LogP contribution >= 0.6 is 15.9 Å². The maximum absolute atomic E-state index is 5.64. The lowest BCUT2D eigenvalue weighted by Gasteiger charge is -2.06. The van der Waals surface area contributed by atoms with Crippen molar-refractivity contribution >= 4 is 21.6 Å². The number of nitrogens with zero attached hydrogens (tertiary/aromatic N) is 1. The van der Waals surface area contributed by atoms with E-state index in [-0.39, 0.29) is 0 Å².